The van der Waals surface area contributed by atoms with Gasteiger partial charge in [-0.15, -0.1) is 0 Å². The Morgan fingerprint density at radius 3 is 2.50 bits per heavy atom. The summed E-state index contributed by atoms with van der Waals surface area (Å²) in [6.45, 7) is 0.975. The second kappa shape index (κ2) is 6.99. The van der Waals surface area contributed by atoms with Gasteiger partial charge in [-0.1, -0.05) is 17.4 Å². The largest absolute Gasteiger partial charge is 0.502 e. The summed E-state index contributed by atoms with van der Waals surface area (Å²) in [7, 11) is -5.61. The van der Waals surface area contributed by atoms with Gasteiger partial charge in [0.1, 0.15) is 0 Å². The second-order valence-corrected chi connectivity index (χ2v) is 7.80. The molecule has 0 aliphatic carbocycles. The molecule has 1 N–H and O–H groups in total. The maximum atomic E-state index is 13.7. The van der Waals surface area contributed by atoms with Crippen LogP contribution < -0.4 is 10.1 Å². The third-order valence-corrected chi connectivity index (χ3v) is 5.59. The molecule has 0 saturated heterocycles. The molecule has 0 radical (unpaired) electrons. The molecule has 1 aromatic carbocycles. The van der Waals surface area contributed by atoms with Crippen LogP contribution in [0.3, 0.4) is 0 Å². The van der Waals surface area contributed by atoms with Gasteiger partial charge < -0.3 is 4.74 Å². The van der Waals surface area contributed by atoms with Gasteiger partial charge in [-0.25, -0.2) is 17.8 Å². The molecule has 2 rings (SSSR count). The number of esters is 1. The van der Waals surface area contributed by atoms with Gasteiger partial charge in [-0.2, -0.15) is 13.2 Å². The van der Waals surface area contributed by atoms with Gasteiger partial charge in [0.05, 0.1) is 11.8 Å². The van der Waals surface area contributed by atoms with Crippen molar-refractivity contribution in [1.29, 1.82) is 0 Å². The number of benzene rings is 1. The van der Waals surface area contributed by atoms with Crippen molar-refractivity contribution in [2.45, 2.75) is 16.6 Å². The van der Waals surface area contributed by atoms with E-state index in [2.05, 4.69) is 9.72 Å². The summed E-state index contributed by atoms with van der Waals surface area (Å²) < 4.78 is 77.2. The van der Waals surface area contributed by atoms with E-state index in [4.69, 9.17) is 0 Å². The molecule has 0 bridgehead atoms. The van der Waals surface area contributed by atoms with E-state index < -0.39 is 53.7 Å². The Hall–Kier alpha value is -2.54. The third kappa shape index (κ3) is 3.99. The van der Waals surface area contributed by atoms with Crippen LogP contribution in [0.2, 0.25) is 0 Å². The third-order valence-electron chi connectivity index (χ3n) is 2.73. The van der Waals surface area contributed by atoms with Gasteiger partial charge in [-0.3, -0.25) is 14.9 Å². The Kier molecular flexibility index (Phi) is 5.32. The van der Waals surface area contributed by atoms with Crippen LogP contribution in [0.5, 0.6) is 5.75 Å². The van der Waals surface area contributed by atoms with E-state index >= 15 is 0 Å². The monoisotopic (exact) mass is 412 g/mol. The summed E-state index contributed by atoms with van der Waals surface area (Å²) >= 11 is 0.0611. The predicted molar refractivity (Wildman–Crippen MR) is 81.0 cm³/mol. The van der Waals surface area contributed by atoms with Crippen LogP contribution in [0.15, 0.2) is 28.6 Å². The average Bonchev–Trinajstić information content (AvgIpc) is 2.96. The van der Waals surface area contributed by atoms with Crippen molar-refractivity contribution in [2.75, 3.05) is 5.32 Å². The van der Waals surface area contributed by atoms with Crippen molar-refractivity contribution in [3.05, 3.63) is 35.8 Å². The summed E-state index contributed by atoms with van der Waals surface area (Å²) in [6, 6.07) is 3.16. The van der Waals surface area contributed by atoms with E-state index in [0.717, 1.165) is 25.1 Å². The molecule has 0 unspecified atom stereocenters. The molecule has 1 heterocycles. The second-order valence-electron chi connectivity index (χ2n) is 4.60. The number of carbonyl (C=O) groups excluding carboxylic acids is 2. The van der Waals surface area contributed by atoms with E-state index in [9.17, 15) is 35.6 Å². The Bertz CT molecular complexity index is 969. The Morgan fingerprint density at radius 2 is 1.92 bits per heavy atom. The topological polar surface area (TPSA) is 102 Å². The van der Waals surface area contributed by atoms with E-state index in [1.54, 1.807) is 0 Å². The summed E-state index contributed by atoms with van der Waals surface area (Å²) in [5.74, 6) is -3.67. The number of carbonyl (C=O) groups is 2. The average molecular weight is 412 g/mol. The van der Waals surface area contributed by atoms with Crippen LogP contribution in [0.1, 0.15) is 17.3 Å². The minimum Gasteiger partial charge on any atom is -0.423 e. The number of anilines is 1. The van der Waals surface area contributed by atoms with E-state index in [-0.39, 0.29) is 11.3 Å². The minimum absolute atomic E-state index is 0.0611. The normalized spacial score (nSPS) is 11.9. The number of para-hydroxylation sites is 1. The lowest BCUT2D eigenvalue weighted by atomic mass is 10.2. The van der Waals surface area contributed by atoms with Gasteiger partial charge in [0, 0.05) is 6.92 Å². The summed E-state index contributed by atoms with van der Waals surface area (Å²) in [4.78, 5) is 26.5. The van der Waals surface area contributed by atoms with E-state index in [1.807, 2.05) is 5.32 Å². The molecule has 13 heteroatoms. The number of amides is 1. The lowest BCUT2D eigenvalue weighted by Gasteiger charge is -2.09. The Morgan fingerprint density at radius 1 is 1.27 bits per heavy atom. The zero-order chi connectivity index (χ0) is 19.7. The Balaban J connectivity index is 2.30. The highest BCUT2D eigenvalue weighted by Gasteiger charge is 2.48. The first-order chi connectivity index (χ1) is 11.9. The van der Waals surface area contributed by atoms with Gasteiger partial charge in [0.25, 0.3) is 15.7 Å². The first-order valence-electron chi connectivity index (χ1n) is 6.49. The zero-order valence-corrected chi connectivity index (χ0v) is 14.3. The maximum absolute atomic E-state index is 13.7. The molecule has 0 aliphatic rings. The lowest BCUT2D eigenvalue weighted by molar-refractivity contribution is -0.132. The summed E-state index contributed by atoms with van der Waals surface area (Å²) in [5.41, 5.74) is -5.96. The zero-order valence-electron chi connectivity index (χ0n) is 12.6. The van der Waals surface area contributed by atoms with E-state index in [1.165, 1.54) is 0 Å². The Labute approximate surface area is 147 Å². The molecular formula is C13H8F4N2O5S2. The molecule has 7 nitrogen and oxygen atoms in total. The highest BCUT2D eigenvalue weighted by molar-refractivity contribution is 7.94. The molecule has 0 atom stereocenters. The molecule has 0 saturated carbocycles. The van der Waals surface area contributed by atoms with Crippen molar-refractivity contribution >= 4 is 38.2 Å². The van der Waals surface area contributed by atoms with Crippen molar-refractivity contribution in [2.24, 2.45) is 0 Å². The molecule has 2 aromatic rings. The molecule has 140 valence electrons. The van der Waals surface area contributed by atoms with Crippen LogP contribution >= 0.6 is 11.3 Å². The number of rotatable bonds is 4. The van der Waals surface area contributed by atoms with Crippen molar-refractivity contribution in [1.82, 2.24) is 4.98 Å². The number of halogens is 4. The van der Waals surface area contributed by atoms with Gasteiger partial charge in [-0.05, 0) is 12.1 Å². The highest BCUT2D eigenvalue weighted by atomic mass is 32.2. The number of hydrogen-bond acceptors (Lipinski definition) is 7. The number of ether oxygens (including phenoxy) is 1. The number of alkyl halides is 3. The highest BCUT2D eigenvalue weighted by Crippen LogP contribution is 2.35. The number of aromatic nitrogens is 1. The molecule has 0 fully saturated rings. The SMILES string of the molecule is CC(=O)Oc1c(F)cccc1C(=O)Nc1ncc(S(=O)(=O)C(F)(F)F)s1. The summed E-state index contributed by atoms with van der Waals surface area (Å²) in [6.07, 6.45) is 0.432. The van der Waals surface area contributed by atoms with E-state index in [0.29, 0.717) is 6.20 Å². The lowest BCUT2D eigenvalue weighted by Crippen LogP contribution is -2.22. The van der Waals surface area contributed by atoms with Gasteiger partial charge in [0.2, 0.25) is 0 Å². The number of nitrogens with one attached hydrogen (secondary N) is 1. The van der Waals surface area contributed by atoms with Crippen molar-refractivity contribution in [3.63, 3.8) is 0 Å². The fourth-order valence-electron chi connectivity index (χ4n) is 1.65. The quantitative estimate of drug-likeness (QED) is 0.471. The predicted octanol–water partition coefficient (Wildman–Crippen LogP) is 2.75. The van der Waals surface area contributed by atoms with Crippen LogP contribution in [0.25, 0.3) is 0 Å². The smallest absolute Gasteiger partial charge is 0.423 e. The van der Waals surface area contributed by atoms with Crippen LogP contribution in [-0.2, 0) is 14.6 Å². The first-order valence-corrected chi connectivity index (χ1v) is 8.79. The molecule has 1 amide bonds. The molecular weight excluding hydrogens is 404 g/mol. The fourth-order valence-corrected chi connectivity index (χ4v) is 3.58. The standard InChI is InChI=1S/C13H8F4N2O5S2/c1-6(20)24-10-7(3-2-4-8(10)14)11(21)19-12-18-5-9(25-12)26(22,23)13(15,16)17/h2-5H,1H3,(H,18,19,21). The van der Waals surface area contributed by atoms with Gasteiger partial charge in [0.15, 0.2) is 20.9 Å². The number of sulfone groups is 1. The van der Waals surface area contributed by atoms with Gasteiger partial charge >= 0.3 is 11.5 Å². The molecule has 1 aromatic heterocycles. The van der Waals surface area contributed by atoms with Crippen LogP contribution in [0, 0.1) is 5.82 Å². The molecule has 0 aliphatic heterocycles. The summed E-state index contributed by atoms with van der Waals surface area (Å²) in [5, 5.41) is 1.55. The molecule has 0 spiro atoms. The number of nitrogens with zero attached hydrogens (tertiary/aromatic N) is 1. The minimum atomic E-state index is -5.61. The number of thiazole rings is 1. The maximum Gasteiger partial charge on any atom is 0.502 e. The van der Waals surface area contributed by atoms with Crippen molar-refractivity contribution in [3.8, 4) is 5.75 Å². The fraction of sp³-hybridized carbons (Fsp3) is 0.154. The van der Waals surface area contributed by atoms with Crippen LogP contribution in [0.4, 0.5) is 22.7 Å². The first kappa shape index (κ1) is 19.8. The number of hydrogen-bond donors (Lipinski definition) is 1. The molecule has 26 heavy (non-hydrogen) atoms. The van der Waals surface area contributed by atoms with Crippen LogP contribution in [-0.4, -0.2) is 30.8 Å². The van der Waals surface area contributed by atoms with Crippen molar-refractivity contribution < 1.29 is 40.3 Å².